The molecule has 3 aliphatic rings. The molecule has 3 N–H and O–H groups in total. The van der Waals surface area contributed by atoms with Crippen LogP contribution in [0.3, 0.4) is 0 Å². The lowest BCUT2D eigenvalue weighted by Crippen LogP contribution is -2.42. The van der Waals surface area contributed by atoms with Crippen LogP contribution in [0.25, 0.3) is 5.57 Å². The molecule has 1 aromatic rings. The third-order valence-corrected chi connectivity index (χ3v) is 6.54. The molecule has 32 heavy (non-hydrogen) atoms. The highest BCUT2D eigenvalue weighted by molar-refractivity contribution is 6.22. The van der Waals surface area contributed by atoms with E-state index in [1.54, 1.807) is 0 Å². The maximum atomic E-state index is 13.3. The van der Waals surface area contributed by atoms with Gasteiger partial charge < -0.3 is 15.3 Å². The number of rotatable bonds is 2. The molecule has 0 radical (unpaired) electrons. The summed E-state index contributed by atoms with van der Waals surface area (Å²) in [5.74, 6) is -6.38. The fourth-order valence-electron chi connectivity index (χ4n) is 5.19. The van der Waals surface area contributed by atoms with Gasteiger partial charge in [-0.3, -0.25) is 14.4 Å². The zero-order valence-corrected chi connectivity index (χ0v) is 16.9. The topological polar surface area (TPSA) is 112 Å². The third-order valence-electron chi connectivity index (χ3n) is 6.54. The summed E-state index contributed by atoms with van der Waals surface area (Å²) in [6.45, 7) is 4.20. The molecule has 3 atom stereocenters. The van der Waals surface area contributed by atoms with E-state index in [-0.39, 0.29) is 41.5 Å². The maximum absolute atomic E-state index is 13.3. The second-order valence-corrected chi connectivity index (χ2v) is 8.41. The van der Waals surface area contributed by atoms with Crippen LogP contribution in [-0.2, 0) is 16.0 Å². The van der Waals surface area contributed by atoms with Crippen molar-refractivity contribution in [1.29, 1.82) is 0 Å². The van der Waals surface area contributed by atoms with Gasteiger partial charge in [-0.15, -0.1) is 0 Å². The van der Waals surface area contributed by atoms with Crippen LogP contribution < -0.4 is 0 Å². The van der Waals surface area contributed by atoms with E-state index in [1.807, 2.05) is 0 Å². The molecule has 0 amide bonds. The number of hydrogen-bond donors (Lipinski definition) is 3. The SMILES string of the molecule is C=C(c1ccc(O)c2c1CC1CC3CC(O)=C(C(C)=O)C(=O)C3C(O)=C1C2=O)C(F)(F)F. The molecule has 0 saturated carbocycles. The van der Waals surface area contributed by atoms with Crippen molar-refractivity contribution >= 4 is 22.9 Å². The third kappa shape index (κ3) is 3.06. The number of aromatic hydroxyl groups is 1. The molecule has 6 nitrogen and oxygen atoms in total. The number of allylic oxidation sites excluding steroid dienone is 5. The van der Waals surface area contributed by atoms with E-state index < -0.39 is 69.7 Å². The molecular weight excluding hydrogens is 429 g/mol. The quantitative estimate of drug-likeness (QED) is 0.587. The van der Waals surface area contributed by atoms with Crippen molar-refractivity contribution in [3.05, 3.63) is 58.1 Å². The summed E-state index contributed by atoms with van der Waals surface area (Å²) in [6.07, 6.45) is -4.80. The Hall–Kier alpha value is -3.36. The van der Waals surface area contributed by atoms with Crippen LogP contribution in [0.2, 0.25) is 0 Å². The summed E-state index contributed by atoms with van der Waals surface area (Å²) in [6, 6.07) is 2.02. The van der Waals surface area contributed by atoms with Crippen molar-refractivity contribution in [2.75, 3.05) is 0 Å². The molecule has 1 aromatic carbocycles. The number of carbonyl (C=O) groups is 3. The number of fused-ring (bicyclic) bond motifs is 3. The first-order chi connectivity index (χ1) is 14.8. The summed E-state index contributed by atoms with van der Waals surface area (Å²) in [4.78, 5) is 37.9. The van der Waals surface area contributed by atoms with Crippen LogP contribution in [0.1, 0.15) is 41.3 Å². The normalized spacial score (nSPS) is 25.3. The minimum absolute atomic E-state index is 0.0244. The predicted molar refractivity (Wildman–Crippen MR) is 106 cm³/mol. The molecule has 0 aliphatic heterocycles. The van der Waals surface area contributed by atoms with E-state index in [1.165, 1.54) is 0 Å². The highest BCUT2D eigenvalue weighted by Gasteiger charge is 2.50. The number of hydrogen-bond acceptors (Lipinski definition) is 6. The van der Waals surface area contributed by atoms with E-state index in [2.05, 4.69) is 6.58 Å². The molecule has 0 fully saturated rings. The van der Waals surface area contributed by atoms with Crippen LogP contribution in [0, 0.1) is 17.8 Å². The Balaban J connectivity index is 1.86. The van der Waals surface area contributed by atoms with Crippen LogP contribution in [-0.4, -0.2) is 38.8 Å². The summed E-state index contributed by atoms with van der Waals surface area (Å²) >= 11 is 0. The van der Waals surface area contributed by atoms with E-state index in [0.29, 0.717) is 0 Å². The first-order valence-corrected chi connectivity index (χ1v) is 9.90. The molecule has 0 bridgehead atoms. The van der Waals surface area contributed by atoms with Gasteiger partial charge in [0, 0.05) is 12.0 Å². The standard InChI is InChI=1S/C23H19F3O6/c1-8(23(24,25)26)12-3-4-14(28)19-13(12)6-10-5-11-7-15(29)16(9(2)27)20(30)18(11)21(31)17(10)22(19)32/h3-4,10-11,18,28-29,31H,1,5-7H2,2H3. The smallest absolute Gasteiger partial charge is 0.416 e. The fourth-order valence-corrected chi connectivity index (χ4v) is 5.19. The number of aliphatic hydroxyl groups is 2. The van der Waals surface area contributed by atoms with Gasteiger partial charge in [0.25, 0.3) is 0 Å². The number of phenols is 1. The second-order valence-electron chi connectivity index (χ2n) is 8.41. The molecular formula is C23H19F3O6. The Bertz CT molecular complexity index is 1170. The monoisotopic (exact) mass is 448 g/mol. The first kappa shape index (κ1) is 21.9. The molecule has 0 aromatic heterocycles. The average molecular weight is 448 g/mol. The Labute approximate surface area is 180 Å². The molecule has 3 unspecified atom stereocenters. The van der Waals surface area contributed by atoms with Gasteiger partial charge in [0.15, 0.2) is 17.3 Å². The average Bonchev–Trinajstić information content (AvgIpc) is 2.65. The van der Waals surface area contributed by atoms with Gasteiger partial charge in [-0.05, 0) is 48.8 Å². The summed E-state index contributed by atoms with van der Waals surface area (Å²) in [5.41, 5.74) is -2.44. The largest absolute Gasteiger partial charge is 0.511 e. The van der Waals surface area contributed by atoms with Crippen molar-refractivity contribution in [3.8, 4) is 5.75 Å². The summed E-state index contributed by atoms with van der Waals surface area (Å²) < 4.78 is 39.9. The zero-order chi connectivity index (χ0) is 23.7. The summed E-state index contributed by atoms with van der Waals surface area (Å²) in [5, 5.41) is 31.3. The van der Waals surface area contributed by atoms with Gasteiger partial charge in [-0.2, -0.15) is 13.2 Å². The van der Waals surface area contributed by atoms with E-state index >= 15 is 0 Å². The Kier molecular flexibility index (Phi) is 4.84. The Morgan fingerprint density at radius 2 is 1.78 bits per heavy atom. The molecule has 0 spiro atoms. The Morgan fingerprint density at radius 3 is 2.38 bits per heavy atom. The number of phenolic OH excluding ortho intramolecular Hbond substituents is 1. The number of alkyl halides is 3. The van der Waals surface area contributed by atoms with Crippen molar-refractivity contribution in [1.82, 2.24) is 0 Å². The molecule has 0 saturated heterocycles. The predicted octanol–water partition coefficient (Wildman–Crippen LogP) is 4.14. The number of ketones is 3. The number of carbonyl (C=O) groups excluding carboxylic acids is 3. The van der Waals surface area contributed by atoms with Gasteiger partial charge in [0.1, 0.15) is 17.3 Å². The number of Topliss-reactive ketones (excluding diaryl/α,β-unsaturated/α-hetero) is 3. The lowest BCUT2D eigenvalue weighted by molar-refractivity contribution is -0.125. The van der Waals surface area contributed by atoms with E-state index in [4.69, 9.17) is 0 Å². The second kappa shape index (κ2) is 7.08. The first-order valence-electron chi connectivity index (χ1n) is 9.90. The van der Waals surface area contributed by atoms with Gasteiger partial charge in [-0.25, -0.2) is 0 Å². The van der Waals surface area contributed by atoms with Crippen molar-refractivity contribution in [3.63, 3.8) is 0 Å². The van der Waals surface area contributed by atoms with Crippen LogP contribution >= 0.6 is 0 Å². The Morgan fingerprint density at radius 1 is 1.12 bits per heavy atom. The van der Waals surface area contributed by atoms with Crippen LogP contribution in [0.15, 0.2) is 41.4 Å². The van der Waals surface area contributed by atoms with Gasteiger partial charge in [-0.1, -0.05) is 12.6 Å². The van der Waals surface area contributed by atoms with Gasteiger partial charge >= 0.3 is 6.18 Å². The molecule has 3 aliphatic carbocycles. The fraction of sp³-hybridized carbons (Fsp3) is 0.348. The maximum Gasteiger partial charge on any atom is 0.416 e. The minimum Gasteiger partial charge on any atom is -0.511 e. The highest BCUT2D eigenvalue weighted by Crippen LogP contribution is 2.50. The summed E-state index contributed by atoms with van der Waals surface area (Å²) in [7, 11) is 0. The van der Waals surface area contributed by atoms with E-state index in [9.17, 15) is 42.9 Å². The molecule has 168 valence electrons. The highest BCUT2D eigenvalue weighted by atomic mass is 19.4. The van der Waals surface area contributed by atoms with Crippen molar-refractivity contribution in [2.45, 2.75) is 32.4 Å². The zero-order valence-electron chi connectivity index (χ0n) is 16.9. The van der Waals surface area contributed by atoms with Crippen LogP contribution in [0.4, 0.5) is 13.2 Å². The number of aliphatic hydroxyl groups excluding tert-OH is 2. The lowest BCUT2D eigenvalue weighted by atomic mass is 9.62. The van der Waals surface area contributed by atoms with Gasteiger partial charge in [0.2, 0.25) is 0 Å². The number of halogens is 3. The molecule has 0 heterocycles. The van der Waals surface area contributed by atoms with Gasteiger partial charge in [0.05, 0.1) is 22.6 Å². The van der Waals surface area contributed by atoms with Crippen molar-refractivity contribution < 1.29 is 42.9 Å². The van der Waals surface area contributed by atoms with Crippen molar-refractivity contribution in [2.24, 2.45) is 17.8 Å². The van der Waals surface area contributed by atoms with Crippen LogP contribution in [0.5, 0.6) is 5.75 Å². The lowest BCUT2D eigenvalue weighted by Gasteiger charge is -2.41. The molecule has 4 rings (SSSR count). The minimum atomic E-state index is -4.75. The van der Waals surface area contributed by atoms with E-state index in [0.717, 1.165) is 19.1 Å². The molecule has 9 heteroatoms. The number of benzene rings is 1.